The van der Waals surface area contributed by atoms with Gasteiger partial charge in [-0.3, -0.25) is 9.78 Å². The van der Waals surface area contributed by atoms with Gasteiger partial charge in [0.05, 0.1) is 0 Å². The second-order valence-corrected chi connectivity index (χ2v) is 7.02. The average Bonchev–Trinajstić information content (AvgIpc) is 2.68. The molecule has 0 atom stereocenters. The number of pyridine rings is 1. The maximum absolute atomic E-state index is 12.7. The first-order valence-electron chi connectivity index (χ1n) is 9.42. The molecule has 3 rings (SSSR count). The van der Waals surface area contributed by atoms with Gasteiger partial charge in [0.15, 0.2) is 0 Å². The number of hydrogen-bond donors (Lipinski definition) is 1. The normalized spacial score (nSPS) is 15.3. The minimum absolute atomic E-state index is 0.160. The Balaban J connectivity index is 1.73. The molecule has 26 heavy (non-hydrogen) atoms. The molecule has 2 heterocycles. The van der Waals surface area contributed by atoms with Gasteiger partial charge in [0.2, 0.25) is 0 Å². The summed E-state index contributed by atoms with van der Waals surface area (Å²) in [6, 6.07) is 11.8. The van der Waals surface area contributed by atoms with E-state index < -0.39 is 0 Å². The van der Waals surface area contributed by atoms with Gasteiger partial charge in [-0.05, 0) is 36.2 Å². The highest BCUT2D eigenvalue weighted by Crippen LogP contribution is 2.24. The Morgan fingerprint density at radius 3 is 2.58 bits per heavy atom. The van der Waals surface area contributed by atoms with E-state index in [1.54, 1.807) is 6.20 Å². The van der Waals surface area contributed by atoms with E-state index in [1.165, 1.54) is 0 Å². The molecule has 5 heteroatoms. The van der Waals surface area contributed by atoms with Gasteiger partial charge in [-0.2, -0.15) is 0 Å². The van der Waals surface area contributed by atoms with Crippen molar-refractivity contribution in [3.05, 3.63) is 53.9 Å². The summed E-state index contributed by atoms with van der Waals surface area (Å²) in [5.41, 5.74) is 3.51. The van der Waals surface area contributed by atoms with Crippen molar-refractivity contribution in [1.82, 2.24) is 9.88 Å². The number of anilines is 2. The van der Waals surface area contributed by atoms with Crippen LogP contribution in [-0.2, 0) is 0 Å². The molecule has 138 valence electrons. The largest absolute Gasteiger partial charge is 0.369 e. The van der Waals surface area contributed by atoms with Crippen molar-refractivity contribution in [3.63, 3.8) is 0 Å². The summed E-state index contributed by atoms with van der Waals surface area (Å²) < 4.78 is 0. The molecule has 1 fully saturated rings. The van der Waals surface area contributed by atoms with E-state index in [2.05, 4.69) is 46.9 Å². The quantitative estimate of drug-likeness (QED) is 0.893. The predicted octanol–water partition coefficient (Wildman–Crippen LogP) is 3.60. The molecule has 1 aromatic carbocycles. The van der Waals surface area contributed by atoms with Gasteiger partial charge in [-0.25, -0.2) is 0 Å². The minimum Gasteiger partial charge on any atom is -0.369 e. The number of nitrogens with one attached hydrogen (secondary N) is 1. The van der Waals surface area contributed by atoms with Gasteiger partial charge >= 0.3 is 0 Å². The van der Waals surface area contributed by atoms with Crippen molar-refractivity contribution < 1.29 is 4.79 Å². The van der Waals surface area contributed by atoms with Crippen LogP contribution in [0, 0.1) is 0 Å². The summed E-state index contributed by atoms with van der Waals surface area (Å²) in [6.07, 6.45) is 1.73. The van der Waals surface area contributed by atoms with Crippen LogP contribution in [0.25, 0.3) is 0 Å². The zero-order valence-corrected chi connectivity index (χ0v) is 15.9. The number of rotatable bonds is 5. The van der Waals surface area contributed by atoms with Crippen LogP contribution in [0.1, 0.15) is 42.7 Å². The van der Waals surface area contributed by atoms with Gasteiger partial charge in [0.25, 0.3) is 5.91 Å². The Bertz CT molecular complexity index is 751. The fraction of sp³-hybridized carbons (Fsp3) is 0.429. The molecule has 0 bridgehead atoms. The maximum Gasteiger partial charge on any atom is 0.274 e. The third-order valence-electron chi connectivity index (χ3n) is 4.99. The Morgan fingerprint density at radius 1 is 1.15 bits per heavy atom. The number of nitrogens with zero attached hydrogens (tertiary/aromatic N) is 3. The van der Waals surface area contributed by atoms with E-state index in [9.17, 15) is 4.79 Å². The van der Waals surface area contributed by atoms with Crippen LogP contribution < -0.4 is 10.2 Å². The number of carbonyl (C=O) groups is 1. The van der Waals surface area contributed by atoms with Gasteiger partial charge in [-0.15, -0.1) is 0 Å². The summed E-state index contributed by atoms with van der Waals surface area (Å²) in [7, 11) is 0. The smallest absolute Gasteiger partial charge is 0.274 e. The van der Waals surface area contributed by atoms with Crippen LogP contribution in [0.4, 0.5) is 11.4 Å². The molecule has 2 aromatic rings. The first-order chi connectivity index (χ1) is 12.6. The fourth-order valence-corrected chi connectivity index (χ4v) is 3.36. The highest BCUT2D eigenvalue weighted by atomic mass is 16.1. The highest BCUT2D eigenvalue weighted by molar-refractivity contribution is 6.03. The van der Waals surface area contributed by atoms with E-state index in [0.29, 0.717) is 11.6 Å². The number of amides is 1. The molecule has 0 radical (unpaired) electrons. The second-order valence-electron chi connectivity index (χ2n) is 7.02. The van der Waals surface area contributed by atoms with E-state index in [0.717, 1.165) is 49.7 Å². The number of benzene rings is 1. The highest BCUT2D eigenvalue weighted by Gasteiger charge is 2.18. The van der Waals surface area contributed by atoms with Crippen molar-refractivity contribution >= 4 is 17.3 Å². The van der Waals surface area contributed by atoms with Crippen LogP contribution in [0.2, 0.25) is 0 Å². The van der Waals surface area contributed by atoms with Gasteiger partial charge in [-0.1, -0.05) is 39.0 Å². The Morgan fingerprint density at radius 2 is 1.88 bits per heavy atom. The van der Waals surface area contributed by atoms with Crippen molar-refractivity contribution in [2.75, 3.05) is 42.9 Å². The molecule has 0 aliphatic carbocycles. The van der Waals surface area contributed by atoms with Gasteiger partial charge < -0.3 is 15.1 Å². The molecule has 1 amide bonds. The summed E-state index contributed by atoms with van der Waals surface area (Å²) in [5, 5.41) is 3.03. The van der Waals surface area contributed by atoms with Crippen molar-refractivity contribution in [1.29, 1.82) is 0 Å². The molecule has 0 spiro atoms. The summed E-state index contributed by atoms with van der Waals surface area (Å²) in [6.45, 7) is 11.6. The first kappa shape index (κ1) is 18.4. The maximum atomic E-state index is 12.7. The standard InChI is InChI=1S/C21H28N4O/c1-4-24-11-13-25(14-12-24)17-9-10-22-20(15-17)21(26)23-19-8-6-5-7-18(19)16(2)3/h5-10,15-16H,4,11-14H2,1-3H3,(H,23,26). The zero-order valence-electron chi connectivity index (χ0n) is 15.9. The lowest BCUT2D eigenvalue weighted by Gasteiger charge is -2.35. The lowest BCUT2D eigenvalue weighted by atomic mass is 10.0. The van der Waals surface area contributed by atoms with Gasteiger partial charge in [0, 0.05) is 43.8 Å². The second kappa shape index (κ2) is 8.32. The number of para-hydroxylation sites is 1. The number of carbonyl (C=O) groups excluding carboxylic acids is 1. The third kappa shape index (κ3) is 4.22. The van der Waals surface area contributed by atoms with E-state index in [4.69, 9.17) is 0 Å². The molecule has 0 saturated carbocycles. The van der Waals surface area contributed by atoms with Crippen molar-refractivity contribution in [2.45, 2.75) is 26.7 Å². The van der Waals surface area contributed by atoms with Crippen molar-refractivity contribution in [3.8, 4) is 0 Å². The minimum atomic E-state index is -0.160. The van der Waals surface area contributed by atoms with Crippen LogP contribution >= 0.6 is 0 Å². The Hall–Kier alpha value is -2.40. The van der Waals surface area contributed by atoms with Crippen molar-refractivity contribution in [2.24, 2.45) is 0 Å². The molecule has 1 N–H and O–H groups in total. The van der Waals surface area contributed by atoms with Crippen LogP contribution in [0.15, 0.2) is 42.6 Å². The molecular weight excluding hydrogens is 324 g/mol. The van der Waals surface area contributed by atoms with Crippen LogP contribution in [0.5, 0.6) is 0 Å². The summed E-state index contributed by atoms with van der Waals surface area (Å²) in [5.74, 6) is 0.188. The molecule has 0 unspecified atom stereocenters. The monoisotopic (exact) mass is 352 g/mol. The lowest BCUT2D eigenvalue weighted by molar-refractivity contribution is 0.102. The first-order valence-corrected chi connectivity index (χ1v) is 9.42. The molecule has 1 aliphatic heterocycles. The molecule has 5 nitrogen and oxygen atoms in total. The topological polar surface area (TPSA) is 48.5 Å². The molecular formula is C21H28N4O. The third-order valence-corrected chi connectivity index (χ3v) is 4.99. The number of aromatic nitrogens is 1. The Labute approximate surface area is 156 Å². The average molecular weight is 352 g/mol. The van der Waals surface area contributed by atoms with E-state index in [1.807, 2.05) is 30.3 Å². The summed E-state index contributed by atoms with van der Waals surface area (Å²) in [4.78, 5) is 21.8. The summed E-state index contributed by atoms with van der Waals surface area (Å²) >= 11 is 0. The van der Waals surface area contributed by atoms with Gasteiger partial charge in [0.1, 0.15) is 5.69 Å². The molecule has 1 aromatic heterocycles. The number of likely N-dealkylation sites (N-methyl/N-ethyl adjacent to an activating group) is 1. The molecule has 1 saturated heterocycles. The van der Waals surface area contributed by atoms with Crippen LogP contribution in [-0.4, -0.2) is 48.5 Å². The predicted molar refractivity (Wildman–Crippen MR) is 107 cm³/mol. The molecule has 1 aliphatic rings. The van der Waals surface area contributed by atoms with E-state index >= 15 is 0 Å². The Kier molecular flexibility index (Phi) is 5.89. The van der Waals surface area contributed by atoms with Crippen LogP contribution in [0.3, 0.4) is 0 Å². The lowest BCUT2D eigenvalue weighted by Crippen LogP contribution is -2.46. The number of piperazine rings is 1. The van der Waals surface area contributed by atoms with E-state index in [-0.39, 0.29) is 5.91 Å². The fourth-order valence-electron chi connectivity index (χ4n) is 3.36. The zero-order chi connectivity index (χ0) is 18.5. The number of hydrogen-bond acceptors (Lipinski definition) is 4. The SMILES string of the molecule is CCN1CCN(c2ccnc(C(=O)Nc3ccccc3C(C)C)c2)CC1.